The van der Waals surface area contributed by atoms with E-state index in [2.05, 4.69) is 9.97 Å². The number of rotatable bonds is 3. The lowest BCUT2D eigenvalue weighted by atomic mass is 9.84. The summed E-state index contributed by atoms with van der Waals surface area (Å²) in [4.78, 5) is 22.8. The monoisotopic (exact) mass is 343 g/mol. The molecule has 3 rings (SSSR count). The highest BCUT2D eigenvalue weighted by atomic mass is 19.1. The molecule has 1 aromatic carbocycles. The van der Waals surface area contributed by atoms with Crippen LogP contribution in [0.5, 0.6) is 0 Å². The maximum atomic E-state index is 13.1. The van der Waals surface area contributed by atoms with Crippen LogP contribution in [-0.4, -0.2) is 39.0 Å². The highest BCUT2D eigenvalue weighted by Crippen LogP contribution is 2.33. The van der Waals surface area contributed by atoms with Crippen LogP contribution < -0.4 is 0 Å². The van der Waals surface area contributed by atoms with Crippen LogP contribution in [0.3, 0.4) is 0 Å². The summed E-state index contributed by atoms with van der Waals surface area (Å²) in [6, 6.07) is 5.90. The van der Waals surface area contributed by atoms with E-state index in [-0.39, 0.29) is 17.6 Å². The topological polar surface area (TPSA) is 66.3 Å². The third-order valence-electron chi connectivity index (χ3n) is 4.69. The van der Waals surface area contributed by atoms with Crippen molar-refractivity contribution in [3.8, 4) is 0 Å². The SMILES string of the molecule is CC(C)c1ncc(C(=O)N2CCC(O)(c3ccc(F)cc3)CC2)cn1. The molecular weight excluding hydrogens is 321 g/mol. The highest BCUT2D eigenvalue weighted by molar-refractivity contribution is 5.93. The van der Waals surface area contributed by atoms with Crippen molar-refractivity contribution in [1.82, 2.24) is 14.9 Å². The molecule has 25 heavy (non-hydrogen) atoms. The Morgan fingerprint density at radius 3 is 2.24 bits per heavy atom. The molecular formula is C19H22FN3O2. The summed E-state index contributed by atoms with van der Waals surface area (Å²) in [7, 11) is 0. The molecule has 0 bridgehead atoms. The van der Waals surface area contributed by atoms with Crippen molar-refractivity contribution in [2.75, 3.05) is 13.1 Å². The van der Waals surface area contributed by atoms with E-state index in [4.69, 9.17) is 0 Å². The summed E-state index contributed by atoms with van der Waals surface area (Å²) in [5, 5.41) is 10.8. The molecule has 5 nitrogen and oxygen atoms in total. The Hall–Kier alpha value is -2.34. The van der Waals surface area contributed by atoms with Gasteiger partial charge in [0.2, 0.25) is 0 Å². The van der Waals surface area contributed by atoms with Gasteiger partial charge >= 0.3 is 0 Å². The first-order valence-electron chi connectivity index (χ1n) is 8.49. The average molecular weight is 343 g/mol. The van der Waals surface area contributed by atoms with E-state index in [0.717, 1.165) is 0 Å². The number of likely N-dealkylation sites (tertiary alicyclic amines) is 1. The fourth-order valence-electron chi connectivity index (χ4n) is 3.06. The van der Waals surface area contributed by atoms with Gasteiger partial charge in [-0.3, -0.25) is 4.79 Å². The number of nitrogens with zero attached hydrogens (tertiary/aromatic N) is 3. The number of aliphatic hydroxyl groups is 1. The van der Waals surface area contributed by atoms with E-state index < -0.39 is 5.60 Å². The van der Waals surface area contributed by atoms with Crippen molar-refractivity contribution in [3.05, 3.63) is 59.4 Å². The minimum Gasteiger partial charge on any atom is -0.385 e. The van der Waals surface area contributed by atoms with Gasteiger partial charge in [0.25, 0.3) is 5.91 Å². The molecule has 0 saturated carbocycles. The van der Waals surface area contributed by atoms with E-state index in [0.29, 0.717) is 42.9 Å². The van der Waals surface area contributed by atoms with Crippen molar-refractivity contribution in [2.45, 2.75) is 38.2 Å². The van der Waals surface area contributed by atoms with Crippen LogP contribution in [0.2, 0.25) is 0 Å². The molecule has 0 aliphatic carbocycles. The number of halogens is 1. The van der Waals surface area contributed by atoms with E-state index >= 15 is 0 Å². The Labute approximate surface area is 146 Å². The zero-order chi connectivity index (χ0) is 18.0. The van der Waals surface area contributed by atoms with Gasteiger partial charge < -0.3 is 10.0 Å². The number of piperidine rings is 1. The second-order valence-electron chi connectivity index (χ2n) is 6.82. The van der Waals surface area contributed by atoms with Gasteiger partial charge in [-0.15, -0.1) is 0 Å². The van der Waals surface area contributed by atoms with E-state index in [1.807, 2.05) is 13.8 Å². The van der Waals surface area contributed by atoms with Crippen molar-refractivity contribution >= 4 is 5.91 Å². The Kier molecular flexibility index (Phi) is 4.81. The largest absolute Gasteiger partial charge is 0.385 e. The van der Waals surface area contributed by atoms with Gasteiger partial charge in [-0.1, -0.05) is 26.0 Å². The van der Waals surface area contributed by atoms with Crippen molar-refractivity contribution in [2.24, 2.45) is 0 Å². The Balaban J connectivity index is 1.67. The fraction of sp³-hybridized carbons (Fsp3) is 0.421. The molecule has 1 aliphatic heterocycles. The third-order valence-corrected chi connectivity index (χ3v) is 4.69. The normalized spacial score (nSPS) is 16.9. The van der Waals surface area contributed by atoms with Gasteiger partial charge in [0, 0.05) is 31.4 Å². The molecule has 1 amide bonds. The quantitative estimate of drug-likeness (QED) is 0.931. The van der Waals surface area contributed by atoms with Crippen molar-refractivity contribution < 1.29 is 14.3 Å². The minimum atomic E-state index is -1.03. The Morgan fingerprint density at radius 1 is 1.16 bits per heavy atom. The van der Waals surface area contributed by atoms with Gasteiger partial charge in [0.1, 0.15) is 11.6 Å². The molecule has 1 saturated heterocycles. The lowest BCUT2D eigenvalue weighted by Crippen LogP contribution is -2.45. The number of carbonyl (C=O) groups is 1. The molecule has 1 fully saturated rings. The second kappa shape index (κ2) is 6.88. The standard InChI is InChI=1S/C19H22FN3O2/c1-13(2)17-21-11-14(12-22-17)18(24)23-9-7-19(25,8-10-23)15-3-5-16(20)6-4-15/h3-6,11-13,25H,7-10H2,1-2H3. The molecule has 6 heteroatoms. The molecule has 2 heterocycles. The number of benzene rings is 1. The number of amides is 1. The molecule has 2 aromatic rings. The highest BCUT2D eigenvalue weighted by Gasteiger charge is 2.35. The second-order valence-corrected chi connectivity index (χ2v) is 6.82. The van der Waals surface area contributed by atoms with Crippen LogP contribution >= 0.6 is 0 Å². The molecule has 0 spiro atoms. The Bertz CT molecular complexity index is 736. The maximum Gasteiger partial charge on any atom is 0.256 e. The number of hydrogen-bond acceptors (Lipinski definition) is 4. The average Bonchev–Trinajstić information content (AvgIpc) is 2.62. The zero-order valence-corrected chi connectivity index (χ0v) is 14.4. The van der Waals surface area contributed by atoms with Gasteiger partial charge in [-0.25, -0.2) is 14.4 Å². The first kappa shape index (κ1) is 17.5. The summed E-state index contributed by atoms with van der Waals surface area (Å²) in [6.45, 7) is 4.85. The van der Waals surface area contributed by atoms with Crippen LogP contribution in [0.25, 0.3) is 0 Å². The van der Waals surface area contributed by atoms with Crippen molar-refractivity contribution in [3.63, 3.8) is 0 Å². The summed E-state index contributed by atoms with van der Waals surface area (Å²) in [5.74, 6) is 0.465. The molecule has 0 atom stereocenters. The minimum absolute atomic E-state index is 0.128. The fourth-order valence-corrected chi connectivity index (χ4v) is 3.06. The van der Waals surface area contributed by atoms with Crippen LogP contribution in [0, 0.1) is 5.82 Å². The predicted octanol–water partition coefficient (Wildman–Crippen LogP) is 2.86. The Morgan fingerprint density at radius 2 is 1.72 bits per heavy atom. The predicted molar refractivity (Wildman–Crippen MR) is 91.6 cm³/mol. The molecule has 1 N–H and O–H groups in total. The zero-order valence-electron chi connectivity index (χ0n) is 14.4. The number of aromatic nitrogens is 2. The maximum absolute atomic E-state index is 13.1. The van der Waals surface area contributed by atoms with Crippen LogP contribution in [0.4, 0.5) is 4.39 Å². The third kappa shape index (κ3) is 3.69. The smallest absolute Gasteiger partial charge is 0.256 e. The number of hydrogen-bond donors (Lipinski definition) is 1. The molecule has 1 aromatic heterocycles. The van der Waals surface area contributed by atoms with Gasteiger partial charge in [0.05, 0.1) is 11.2 Å². The summed E-state index contributed by atoms with van der Waals surface area (Å²) < 4.78 is 13.1. The number of carbonyl (C=O) groups excluding carboxylic acids is 1. The van der Waals surface area contributed by atoms with Gasteiger partial charge in [0.15, 0.2) is 0 Å². The van der Waals surface area contributed by atoms with E-state index in [9.17, 15) is 14.3 Å². The summed E-state index contributed by atoms with van der Waals surface area (Å²) in [6.07, 6.45) is 3.95. The summed E-state index contributed by atoms with van der Waals surface area (Å²) >= 11 is 0. The molecule has 1 aliphatic rings. The van der Waals surface area contributed by atoms with Crippen LogP contribution in [-0.2, 0) is 5.60 Å². The summed E-state index contributed by atoms with van der Waals surface area (Å²) in [5.41, 5.74) is 0.116. The van der Waals surface area contributed by atoms with Gasteiger partial charge in [-0.2, -0.15) is 0 Å². The first-order valence-corrected chi connectivity index (χ1v) is 8.49. The molecule has 0 unspecified atom stereocenters. The van der Waals surface area contributed by atoms with E-state index in [1.54, 1.807) is 29.4 Å². The van der Waals surface area contributed by atoms with Crippen LogP contribution in [0.1, 0.15) is 54.4 Å². The lowest BCUT2D eigenvalue weighted by molar-refractivity contribution is -0.0212. The van der Waals surface area contributed by atoms with Crippen LogP contribution in [0.15, 0.2) is 36.7 Å². The van der Waals surface area contributed by atoms with Crippen molar-refractivity contribution in [1.29, 1.82) is 0 Å². The molecule has 0 radical (unpaired) electrons. The van der Waals surface area contributed by atoms with E-state index in [1.165, 1.54) is 12.1 Å². The molecule has 132 valence electrons. The first-order chi connectivity index (χ1) is 11.9. The van der Waals surface area contributed by atoms with Gasteiger partial charge in [-0.05, 0) is 30.5 Å². The lowest BCUT2D eigenvalue weighted by Gasteiger charge is -2.38.